The van der Waals surface area contributed by atoms with Gasteiger partial charge in [0.25, 0.3) is 0 Å². The Morgan fingerprint density at radius 3 is 2.50 bits per heavy atom. The van der Waals surface area contributed by atoms with Gasteiger partial charge in [-0.1, -0.05) is 20.3 Å². The molecule has 0 bridgehead atoms. The lowest BCUT2D eigenvalue weighted by atomic mass is 10.4. The van der Waals surface area contributed by atoms with Crippen LogP contribution >= 0.6 is 7.68 Å². The Bertz CT molecular complexity index is 127. The largest absolute Gasteiger partial charge is 0.367 e. The van der Waals surface area contributed by atoms with Gasteiger partial charge in [-0.15, -0.1) is 0 Å². The van der Waals surface area contributed by atoms with E-state index in [0.717, 1.165) is 12.8 Å². The molecule has 0 spiro atoms. The van der Waals surface area contributed by atoms with E-state index in [9.17, 15) is 8.76 Å². The first-order valence-corrected chi connectivity index (χ1v) is 5.25. The molecule has 0 saturated carbocycles. The van der Waals surface area contributed by atoms with Gasteiger partial charge in [0.2, 0.25) is 0 Å². The molecule has 0 aliphatic rings. The van der Waals surface area contributed by atoms with E-state index in [1.54, 1.807) is 0 Å². The van der Waals surface area contributed by atoms with Crippen molar-refractivity contribution < 1.29 is 13.3 Å². The molecule has 0 aliphatic heterocycles. The highest BCUT2D eigenvalue weighted by Gasteiger charge is 2.17. The monoisotopic (exact) mass is 168 g/mol. The molecular weight excluding hydrogens is 154 g/mol. The third kappa shape index (κ3) is 4.95. The Morgan fingerprint density at radius 2 is 2.10 bits per heavy atom. The predicted molar refractivity (Wildman–Crippen MR) is 40.1 cm³/mol. The number of rotatable bonds is 5. The molecule has 0 N–H and O–H groups in total. The normalized spacial score (nSPS) is 16.7. The topological polar surface area (TPSA) is 26.3 Å². The van der Waals surface area contributed by atoms with Crippen LogP contribution in [0.4, 0.5) is 4.20 Å². The van der Waals surface area contributed by atoms with Crippen LogP contribution in [0, 0.1) is 0 Å². The molecule has 4 heteroatoms. The maximum absolute atomic E-state index is 12.5. The van der Waals surface area contributed by atoms with Gasteiger partial charge in [0.15, 0.2) is 0 Å². The van der Waals surface area contributed by atoms with E-state index >= 15 is 0 Å². The first-order chi connectivity index (χ1) is 4.62. The Kier molecular flexibility index (Phi) is 4.92. The maximum Gasteiger partial charge on any atom is 0.367 e. The Labute approximate surface area is 61.3 Å². The van der Waals surface area contributed by atoms with Crippen molar-refractivity contribution in [2.45, 2.75) is 26.7 Å². The van der Waals surface area contributed by atoms with E-state index in [-0.39, 0.29) is 12.8 Å². The zero-order valence-corrected chi connectivity index (χ0v) is 7.36. The summed E-state index contributed by atoms with van der Waals surface area (Å²) in [4.78, 5) is 0. The number of hydrogen-bond acceptors (Lipinski definition) is 2. The quantitative estimate of drug-likeness (QED) is 0.466. The molecule has 0 heterocycles. The van der Waals surface area contributed by atoms with E-state index < -0.39 is 7.68 Å². The van der Waals surface area contributed by atoms with Crippen LogP contribution < -0.4 is 0 Å². The van der Waals surface area contributed by atoms with E-state index in [0.29, 0.717) is 0 Å². The van der Waals surface area contributed by atoms with Crippen LogP contribution in [0.3, 0.4) is 0 Å². The highest BCUT2D eigenvalue weighted by atomic mass is 31.2. The molecule has 62 valence electrons. The van der Waals surface area contributed by atoms with Crippen molar-refractivity contribution in [2.75, 3.05) is 12.8 Å². The van der Waals surface area contributed by atoms with Crippen LogP contribution in [0.2, 0.25) is 0 Å². The predicted octanol–water partition coefficient (Wildman–Crippen LogP) is 2.99. The lowest BCUT2D eigenvalue weighted by Crippen LogP contribution is -1.90. The summed E-state index contributed by atoms with van der Waals surface area (Å²) in [7, 11) is -3.70. The second-order valence-corrected chi connectivity index (χ2v) is 4.16. The minimum Gasteiger partial charge on any atom is -0.306 e. The van der Waals surface area contributed by atoms with Crippen LogP contribution in [-0.2, 0) is 9.09 Å². The summed E-state index contributed by atoms with van der Waals surface area (Å²) in [5.74, 6) is 0. The van der Waals surface area contributed by atoms with Gasteiger partial charge in [0.05, 0.1) is 12.8 Å². The van der Waals surface area contributed by atoms with E-state index in [1.807, 2.05) is 6.92 Å². The van der Waals surface area contributed by atoms with Crippen molar-refractivity contribution in [1.29, 1.82) is 0 Å². The first-order valence-electron chi connectivity index (χ1n) is 3.55. The van der Waals surface area contributed by atoms with Crippen molar-refractivity contribution in [3.63, 3.8) is 0 Å². The Morgan fingerprint density at radius 1 is 1.50 bits per heavy atom. The van der Waals surface area contributed by atoms with Crippen LogP contribution in [0.25, 0.3) is 0 Å². The molecule has 0 aromatic heterocycles. The van der Waals surface area contributed by atoms with E-state index in [2.05, 4.69) is 4.52 Å². The minimum atomic E-state index is -3.70. The molecule has 0 radical (unpaired) electrons. The van der Waals surface area contributed by atoms with Gasteiger partial charge in [-0.3, -0.25) is 4.57 Å². The number of unbranched alkanes of at least 4 members (excludes halogenated alkanes) is 1. The molecule has 0 amide bonds. The minimum absolute atomic E-state index is 0.0171. The SMILES string of the molecule is CCCCOP(=O)(F)CC. The Balaban J connectivity index is 3.38. The van der Waals surface area contributed by atoms with Gasteiger partial charge in [-0.2, -0.15) is 4.20 Å². The van der Waals surface area contributed by atoms with Crippen molar-refractivity contribution in [1.82, 2.24) is 0 Å². The molecule has 0 rings (SSSR count). The highest BCUT2D eigenvalue weighted by molar-refractivity contribution is 7.53. The molecule has 0 aromatic rings. The van der Waals surface area contributed by atoms with Crippen LogP contribution in [0.5, 0.6) is 0 Å². The van der Waals surface area contributed by atoms with Gasteiger partial charge >= 0.3 is 7.68 Å². The third-order valence-corrected chi connectivity index (χ3v) is 2.48. The molecular formula is C6H14FO2P. The third-order valence-electron chi connectivity index (χ3n) is 1.16. The van der Waals surface area contributed by atoms with E-state index in [4.69, 9.17) is 0 Å². The number of hydrogen-bond donors (Lipinski definition) is 0. The molecule has 10 heavy (non-hydrogen) atoms. The second-order valence-electron chi connectivity index (χ2n) is 2.09. The van der Waals surface area contributed by atoms with Crippen molar-refractivity contribution in [2.24, 2.45) is 0 Å². The van der Waals surface area contributed by atoms with Gasteiger partial charge in [-0.05, 0) is 6.42 Å². The second kappa shape index (κ2) is 4.86. The zero-order valence-electron chi connectivity index (χ0n) is 6.47. The molecule has 1 atom stereocenters. The van der Waals surface area contributed by atoms with Gasteiger partial charge in [-0.25, -0.2) is 0 Å². The average molecular weight is 168 g/mol. The summed E-state index contributed by atoms with van der Waals surface area (Å²) in [5.41, 5.74) is 0. The number of halogens is 1. The smallest absolute Gasteiger partial charge is 0.306 e. The van der Waals surface area contributed by atoms with Crippen LogP contribution in [0.1, 0.15) is 26.7 Å². The Hall–Kier alpha value is 0.120. The average Bonchev–Trinajstić information content (AvgIpc) is 1.89. The molecule has 0 aliphatic carbocycles. The summed E-state index contributed by atoms with van der Waals surface area (Å²) in [6, 6.07) is 0. The molecule has 1 unspecified atom stereocenters. The molecule has 2 nitrogen and oxygen atoms in total. The van der Waals surface area contributed by atoms with Crippen molar-refractivity contribution >= 4 is 7.68 Å². The summed E-state index contributed by atoms with van der Waals surface area (Å²) in [6.45, 7) is 3.77. The van der Waals surface area contributed by atoms with Gasteiger partial charge in [0, 0.05) is 0 Å². The first kappa shape index (κ1) is 10.1. The summed E-state index contributed by atoms with van der Waals surface area (Å²) in [5, 5.41) is 0. The summed E-state index contributed by atoms with van der Waals surface area (Å²) in [6.07, 6.45) is 1.69. The van der Waals surface area contributed by atoms with Gasteiger partial charge in [0.1, 0.15) is 0 Å². The molecule has 0 saturated heterocycles. The van der Waals surface area contributed by atoms with Crippen LogP contribution in [0.15, 0.2) is 0 Å². The van der Waals surface area contributed by atoms with Gasteiger partial charge < -0.3 is 4.52 Å². The molecule has 0 aromatic carbocycles. The zero-order chi connectivity index (χ0) is 8.04. The summed E-state index contributed by atoms with van der Waals surface area (Å²) >= 11 is 0. The highest BCUT2D eigenvalue weighted by Crippen LogP contribution is 2.47. The van der Waals surface area contributed by atoms with Crippen molar-refractivity contribution in [3.8, 4) is 0 Å². The lowest BCUT2D eigenvalue weighted by Gasteiger charge is -2.05. The molecule has 0 fully saturated rings. The standard InChI is InChI=1S/C6H14FO2P/c1-3-5-6-9-10(7,8)4-2/h3-6H2,1-2H3. The fourth-order valence-corrected chi connectivity index (χ4v) is 1.02. The fourth-order valence-electron chi connectivity index (χ4n) is 0.436. The van der Waals surface area contributed by atoms with Crippen molar-refractivity contribution in [3.05, 3.63) is 0 Å². The maximum atomic E-state index is 12.5. The lowest BCUT2D eigenvalue weighted by molar-refractivity contribution is 0.282. The van der Waals surface area contributed by atoms with E-state index in [1.165, 1.54) is 6.92 Å². The summed E-state index contributed by atoms with van der Waals surface area (Å²) < 4.78 is 27.6. The fraction of sp³-hybridized carbons (Fsp3) is 1.00. The van der Waals surface area contributed by atoms with Crippen LogP contribution in [-0.4, -0.2) is 12.8 Å².